The lowest BCUT2D eigenvalue weighted by molar-refractivity contribution is -0.122. The van der Waals surface area contributed by atoms with Crippen LogP contribution in [-0.4, -0.2) is 44.7 Å². The Morgan fingerprint density at radius 2 is 1.92 bits per heavy atom. The van der Waals surface area contributed by atoms with Crippen molar-refractivity contribution in [2.45, 2.75) is 64.5 Å². The van der Waals surface area contributed by atoms with Crippen LogP contribution in [0.4, 0.5) is 17.5 Å². The van der Waals surface area contributed by atoms with Crippen LogP contribution >= 0.6 is 0 Å². The van der Waals surface area contributed by atoms with Gasteiger partial charge < -0.3 is 10.6 Å². The Bertz CT molecular complexity index is 1220. The Morgan fingerprint density at radius 1 is 1.14 bits per heavy atom. The SMILES string of the molecule is CC(C)n1cc(-c2ccc(Nc3ncc(C[C@@H]4CCNC4=O)c(N(C=O)C4CCCC4)n3)cc2)cn1. The molecule has 1 aliphatic heterocycles. The van der Waals surface area contributed by atoms with Gasteiger partial charge in [-0.25, -0.2) is 4.98 Å². The van der Waals surface area contributed by atoms with E-state index in [-0.39, 0.29) is 17.9 Å². The molecule has 9 nitrogen and oxygen atoms in total. The molecule has 3 aromatic rings. The number of nitrogens with one attached hydrogen (secondary N) is 2. The second kappa shape index (κ2) is 10.5. The maximum Gasteiger partial charge on any atom is 0.229 e. The van der Waals surface area contributed by atoms with Crippen molar-refractivity contribution in [3.05, 3.63) is 48.4 Å². The fraction of sp³-hybridized carbons (Fsp3) is 0.444. The molecule has 0 spiro atoms. The van der Waals surface area contributed by atoms with Crippen LogP contribution in [0.25, 0.3) is 11.1 Å². The third-order valence-corrected chi connectivity index (χ3v) is 7.15. The molecule has 2 fully saturated rings. The highest BCUT2D eigenvalue weighted by Gasteiger charge is 2.30. The van der Waals surface area contributed by atoms with Crippen LogP contribution in [0.1, 0.15) is 57.6 Å². The van der Waals surface area contributed by atoms with Gasteiger partial charge in [-0.1, -0.05) is 25.0 Å². The van der Waals surface area contributed by atoms with Crippen molar-refractivity contribution in [2.75, 3.05) is 16.8 Å². The number of aromatic nitrogens is 4. The van der Waals surface area contributed by atoms with Crippen molar-refractivity contribution in [3.8, 4) is 11.1 Å². The molecule has 1 atom stereocenters. The maximum atomic E-state index is 12.2. The molecule has 2 N–H and O–H groups in total. The van der Waals surface area contributed by atoms with Crippen molar-refractivity contribution in [1.82, 2.24) is 25.1 Å². The molecule has 1 saturated heterocycles. The van der Waals surface area contributed by atoms with Gasteiger partial charge in [0.1, 0.15) is 5.82 Å². The van der Waals surface area contributed by atoms with Crippen molar-refractivity contribution >= 4 is 29.8 Å². The summed E-state index contributed by atoms with van der Waals surface area (Å²) in [4.78, 5) is 35.5. The van der Waals surface area contributed by atoms with Gasteiger partial charge >= 0.3 is 0 Å². The number of amides is 2. The van der Waals surface area contributed by atoms with E-state index in [0.717, 1.165) is 60.9 Å². The molecule has 2 amide bonds. The quantitative estimate of drug-likeness (QED) is 0.437. The molecule has 1 aliphatic carbocycles. The average molecular weight is 488 g/mol. The first-order chi connectivity index (χ1) is 17.5. The highest BCUT2D eigenvalue weighted by Crippen LogP contribution is 2.31. The number of nitrogens with zero attached hydrogens (tertiary/aromatic N) is 5. The molecule has 36 heavy (non-hydrogen) atoms. The van der Waals surface area contributed by atoms with Crippen LogP contribution < -0.4 is 15.5 Å². The van der Waals surface area contributed by atoms with Crippen molar-refractivity contribution < 1.29 is 9.59 Å². The van der Waals surface area contributed by atoms with Gasteiger partial charge in [-0.2, -0.15) is 10.1 Å². The third-order valence-electron chi connectivity index (χ3n) is 7.15. The molecule has 5 rings (SSSR count). The Hall–Kier alpha value is -3.75. The van der Waals surface area contributed by atoms with Crippen LogP contribution in [0.15, 0.2) is 42.9 Å². The molecular weight excluding hydrogens is 454 g/mol. The molecule has 0 unspecified atom stereocenters. The summed E-state index contributed by atoms with van der Waals surface area (Å²) >= 11 is 0. The number of benzene rings is 1. The summed E-state index contributed by atoms with van der Waals surface area (Å²) in [6.45, 7) is 4.89. The number of carbonyl (C=O) groups is 2. The van der Waals surface area contributed by atoms with Crippen LogP contribution in [0.5, 0.6) is 0 Å². The normalized spacial score (nSPS) is 18.0. The Morgan fingerprint density at radius 3 is 2.56 bits per heavy atom. The highest BCUT2D eigenvalue weighted by atomic mass is 16.2. The summed E-state index contributed by atoms with van der Waals surface area (Å²) in [5.74, 6) is 0.971. The topological polar surface area (TPSA) is 105 Å². The van der Waals surface area contributed by atoms with Gasteiger partial charge in [-0.05, 0) is 57.2 Å². The summed E-state index contributed by atoms with van der Waals surface area (Å²) in [5.41, 5.74) is 3.82. The maximum absolute atomic E-state index is 12.2. The Kier molecular flexibility index (Phi) is 6.97. The lowest BCUT2D eigenvalue weighted by atomic mass is 9.99. The fourth-order valence-corrected chi connectivity index (χ4v) is 5.07. The first kappa shape index (κ1) is 24.0. The standard InChI is InChI=1S/C27H33N7O2/c1-18(2)34-16-22(15-30-34)19-7-9-23(10-8-19)31-27-29-14-21(13-20-11-12-28-26(20)36)25(32-27)33(17-35)24-5-3-4-6-24/h7-10,14-18,20,24H,3-6,11-13H2,1-2H3,(H,28,36)(H,29,31,32)/t20-/m0/s1. The minimum absolute atomic E-state index is 0.0562. The van der Waals surface area contributed by atoms with E-state index in [1.54, 1.807) is 11.1 Å². The second-order valence-corrected chi connectivity index (χ2v) is 9.98. The van der Waals surface area contributed by atoms with E-state index in [4.69, 9.17) is 4.98 Å². The summed E-state index contributed by atoms with van der Waals surface area (Å²) in [7, 11) is 0. The number of hydrogen-bond acceptors (Lipinski definition) is 6. The smallest absolute Gasteiger partial charge is 0.229 e. The zero-order chi connectivity index (χ0) is 25.1. The number of anilines is 3. The number of hydrogen-bond donors (Lipinski definition) is 2. The van der Waals surface area contributed by atoms with Gasteiger partial charge in [0.2, 0.25) is 18.3 Å². The van der Waals surface area contributed by atoms with Crippen molar-refractivity contribution in [2.24, 2.45) is 5.92 Å². The van der Waals surface area contributed by atoms with Gasteiger partial charge in [0.05, 0.1) is 6.20 Å². The highest BCUT2D eigenvalue weighted by molar-refractivity contribution is 5.82. The minimum atomic E-state index is -0.115. The van der Waals surface area contributed by atoms with E-state index in [1.165, 1.54) is 0 Å². The molecule has 0 bridgehead atoms. The Balaban J connectivity index is 1.38. The van der Waals surface area contributed by atoms with Gasteiger partial charge in [0.15, 0.2) is 0 Å². The first-order valence-electron chi connectivity index (χ1n) is 12.8. The van der Waals surface area contributed by atoms with Gasteiger partial charge in [0.25, 0.3) is 0 Å². The Labute approximate surface area is 211 Å². The molecule has 3 heterocycles. The van der Waals surface area contributed by atoms with E-state index in [0.29, 0.717) is 30.8 Å². The molecule has 2 aromatic heterocycles. The monoisotopic (exact) mass is 487 g/mol. The van der Waals surface area contributed by atoms with Gasteiger partial charge in [-0.3, -0.25) is 19.2 Å². The second-order valence-electron chi connectivity index (χ2n) is 9.98. The lowest BCUT2D eigenvalue weighted by Crippen LogP contribution is -2.34. The van der Waals surface area contributed by atoms with Gasteiger partial charge in [0, 0.05) is 53.8 Å². The first-order valence-corrected chi connectivity index (χ1v) is 12.8. The van der Waals surface area contributed by atoms with Crippen LogP contribution in [0.2, 0.25) is 0 Å². The van der Waals surface area contributed by atoms with E-state index in [9.17, 15) is 9.59 Å². The summed E-state index contributed by atoms with van der Waals surface area (Å²) < 4.78 is 1.94. The van der Waals surface area contributed by atoms with E-state index in [2.05, 4.69) is 34.6 Å². The van der Waals surface area contributed by atoms with Crippen molar-refractivity contribution in [1.29, 1.82) is 0 Å². The minimum Gasteiger partial charge on any atom is -0.356 e. The molecule has 9 heteroatoms. The molecular formula is C27H33N7O2. The van der Waals surface area contributed by atoms with Crippen LogP contribution in [0.3, 0.4) is 0 Å². The van der Waals surface area contributed by atoms with E-state index < -0.39 is 0 Å². The molecule has 2 aliphatic rings. The van der Waals surface area contributed by atoms with Crippen LogP contribution in [-0.2, 0) is 16.0 Å². The number of carbonyl (C=O) groups excluding carboxylic acids is 2. The predicted molar refractivity (Wildman–Crippen MR) is 139 cm³/mol. The summed E-state index contributed by atoms with van der Waals surface area (Å²) in [6, 6.07) is 8.48. The predicted octanol–water partition coefficient (Wildman–Crippen LogP) is 4.25. The molecule has 0 radical (unpaired) electrons. The van der Waals surface area contributed by atoms with Crippen LogP contribution in [0, 0.1) is 5.92 Å². The van der Waals surface area contributed by atoms with E-state index >= 15 is 0 Å². The fourth-order valence-electron chi connectivity index (χ4n) is 5.07. The number of rotatable bonds is 9. The van der Waals surface area contributed by atoms with Crippen molar-refractivity contribution in [3.63, 3.8) is 0 Å². The summed E-state index contributed by atoms with van der Waals surface area (Å²) in [6.07, 6.45) is 12.0. The average Bonchev–Trinajstić information content (AvgIpc) is 3.65. The molecule has 1 aromatic carbocycles. The zero-order valence-electron chi connectivity index (χ0n) is 20.9. The molecule has 1 saturated carbocycles. The molecule has 188 valence electrons. The largest absolute Gasteiger partial charge is 0.356 e. The zero-order valence-corrected chi connectivity index (χ0v) is 20.9. The van der Waals surface area contributed by atoms with E-state index in [1.807, 2.05) is 41.3 Å². The summed E-state index contributed by atoms with van der Waals surface area (Å²) in [5, 5.41) is 10.6. The van der Waals surface area contributed by atoms with Gasteiger partial charge in [-0.15, -0.1) is 0 Å². The lowest BCUT2D eigenvalue weighted by Gasteiger charge is -2.26. The third kappa shape index (κ3) is 5.10.